The van der Waals surface area contributed by atoms with Crippen LogP contribution in [-0.4, -0.2) is 11.9 Å². The van der Waals surface area contributed by atoms with Crippen LogP contribution in [0, 0.1) is 0 Å². The van der Waals surface area contributed by atoms with Gasteiger partial charge in [0.05, 0.1) is 23.3 Å². The van der Waals surface area contributed by atoms with Crippen LogP contribution in [0.25, 0.3) is 0 Å². The van der Waals surface area contributed by atoms with Crippen LogP contribution < -0.4 is 0 Å². The molecule has 0 aliphatic rings. The first-order valence-corrected chi connectivity index (χ1v) is 19.2. The van der Waals surface area contributed by atoms with Crippen LogP contribution in [0.4, 0.5) is 11.4 Å². The fraction of sp³-hybridized carbons (Fsp3) is 0.628. The minimum absolute atomic E-state index is 0.956. The number of aliphatic imine (C=N–C) groups is 2. The average Bonchev–Trinajstić information content (AvgIpc) is 3.03. The second-order valence-electron chi connectivity index (χ2n) is 13.2. The molecule has 2 nitrogen and oxygen atoms in total. The smallest absolute Gasteiger partial charge is 0.0816 e. The summed E-state index contributed by atoms with van der Waals surface area (Å²) in [5, 5.41) is 0. The second kappa shape index (κ2) is 25.7. The summed E-state index contributed by atoms with van der Waals surface area (Å²) in [5.74, 6) is 0. The molecule has 0 spiro atoms. The molecule has 0 saturated carbocycles. The van der Waals surface area contributed by atoms with Crippen molar-refractivity contribution < 1.29 is 0 Å². The summed E-state index contributed by atoms with van der Waals surface area (Å²) >= 11 is 0. The van der Waals surface area contributed by atoms with Gasteiger partial charge in [-0.15, -0.1) is 0 Å². The van der Waals surface area contributed by atoms with E-state index in [2.05, 4.69) is 83.2 Å². The Bertz CT molecular complexity index is 1070. The Labute approximate surface area is 279 Å². The Morgan fingerprint density at radius 3 is 1.31 bits per heavy atom. The number of unbranched alkanes of at least 4 members (excludes halogenated alkanes) is 13. The van der Waals surface area contributed by atoms with Crippen LogP contribution in [0.3, 0.4) is 0 Å². The average molecular weight is 613 g/mol. The molecule has 0 amide bonds. The van der Waals surface area contributed by atoms with Gasteiger partial charge in [0, 0.05) is 0 Å². The van der Waals surface area contributed by atoms with Crippen LogP contribution in [-0.2, 0) is 25.7 Å². The zero-order chi connectivity index (χ0) is 32.4. The highest BCUT2D eigenvalue weighted by Crippen LogP contribution is 2.24. The molecule has 0 aromatic heterocycles. The van der Waals surface area contributed by atoms with Gasteiger partial charge in [-0.1, -0.05) is 130 Å². The molecule has 0 radical (unpaired) electrons. The Morgan fingerprint density at radius 2 is 0.867 bits per heavy atom. The summed E-state index contributed by atoms with van der Waals surface area (Å²) < 4.78 is 0. The van der Waals surface area contributed by atoms with Crippen molar-refractivity contribution in [1.29, 1.82) is 0 Å². The van der Waals surface area contributed by atoms with Gasteiger partial charge in [-0.2, -0.15) is 0 Å². The largest absolute Gasteiger partial charge is 0.255 e. The number of hydrogen-bond acceptors (Lipinski definition) is 2. The van der Waals surface area contributed by atoms with E-state index in [1.165, 1.54) is 131 Å². The third kappa shape index (κ3) is 18.3. The summed E-state index contributed by atoms with van der Waals surface area (Å²) in [4.78, 5) is 10.3. The molecule has 2 rings (SSSR count). The minimum atomic E-state index is 0.956. The van der Waals surface area contributed by atoms with Crippen molar-refractivity contribution in [3.8, 4) is 0 Å². The third-order valence-electron chi connectivity index (χ3n) is 8.72. The number of allylic oxidation sites excluding steroid dienone is 2. The van der Waals surface area contributed by atoms with Crippen molar-refractivity contribution in [3.05, 3.63) is 70.8 Å². The molecule has 0 fully saturated rings. The van der Waals surface area contributed by atoms with Crippen LogP contribution in [0.5, 0.6) is 0 Å². The van der Waals surface area contributed by atoms with Crippen LogP contribution >= 0.6 is 0 Å². The molecular weight excluding hydrogens is 544 g/mol. The second-order valence-corrected chi connectivity index (χ2v) is 13.2. The van der Waals surface area contributed by atoms with E-state index in [-0.39, 0.29) is 0 Å². The minimum Gasteiger partial charge on any atom is -0.255 e. The van der Waals surface area contributed by atoms with Gasteiger partial charge in [0.25, 0.3) is 0 Å². The maximum absolute atomic E-state index is 5.25. The number of rotatable bonds is 26. The molecule has 0 saturated heterocycles. The first-order chi connectivity index (χ1) is 22.1. The van der Waals surface area contributed by atoms with Crippen LogP contribution in [0.1, 0.15) is 172 Å². The van der Waals surface area contributed by atoms with Gasteiger partial charge in [-0.25, -0.2) is 4.99 Å². The first kappa shape index (κ1) is 38.7. The standard InChI is InChI=1S/C43H68N2/c1-6-11-16-17-18-19-24-29-41(45-43-34-39(27-22-14-9-4)31-40(35-43)28-23-15-10-5)36-44-42-32-37(25-20-12-7-2)30-38(33-42)26-21-13-8-3/h24,29-36H,6-23,25-28H2,1-5H3. The molecule has 0 aliphatic carbocycles. The summed E-state index contributed by atoms with van der Waals surface area (Å²) in [5.41, 5.74) is 8.85. The van der Waals surface area contributed by atoms with Gasteiger partial charge in [0.15, 0.2) is 0 Å². The zero-order valence-electron chi connectivity index (χ0n) is 30.1. The molecule has 0 unspecified atom stereocenters. The Kier molecular flexibility index (Phi) is 22.1. The molecule has 2 aromatic carbocycles. The van der Waals surface area contributed by atoms with E-state index < -0.39 is 0 Å². The van der Waals surface area contributed by atoms with E-state index in [1.807, 2.05) is 6.21 Å². The van der Waals surface area contributed by atoms with E-state index in [9.17, 15) is 0 Å². The quantitative estimate of drug-likeness (QED) is 0.0746. The zero-order valence-corrected chi connectivity index (χ0v) is 30.1. The molecule has 250 valence electrons. The van der Waals surface area contributed by atoms with Crippen molar-refractivity contribution in [2.24, 2.45) is 9.98 Å². The number of benzene rings is 2. The highest BCUT2D eigenvalue weighted by Gasteiger charge is 2.05. The summed E-state index contributed by atoms with van der Waals surface area (Å²) in [6.07, 6.45) is 33.9. The van der Waals surface area contributed by atoms with Crippen molar-refractivity contribution in [2.45, 2.75) is 176 Å². The molecular formula is C43H68N2. The van der Waals surface area contributed by atoms with E-state index in [1.54, 1.807) is 0 Å². The summed E-state index contributed by atoms with van der Waals surface area (Å²) in [7, 11) is 0. The van der Waals surface area contributed by atoms with Gasteiger partial charge < -0.3 is 0 Å². The highest BCUT2D eigenvalue weighted by molar-refractivity contribution is 6.36. The lowest BCUT2D eigenvalue weighted by Crippen LogP contribution is -1.97. The highest BCUT2D eigenvalue weighted by atomic mass is 14.8. The number of hydrogen-bond donors (Lipinski definition) is 0. The van der Waals surface area contributed by atoms with E-state index in [0.717, 1.165) is 49.2 Å². The molecule has 0 N–H and O–H groups in total. The monoisotopic (exact) mass is 613 g/mol. The van der Waals surface area contributed by atoms with Gasteiger partial charge in [0.1, 0.15) is 0 Å². The lowest BCUT2D eigenvalue weighted by atomic mass is 10.00. The van der Waals surface area contributed by atoms with E-state index >= 15 is 0 Å². The van der Waals surface area contributed by atoms with Gasteiger partial charge in [-0.05, 0) is 117 Å². The summed E-state index contributed by atoms with van der Waals surface area (Å²) in [6, 6.07) is 14.1. The Balaban J connectivity index is 2.40. The Morgan fingerprint density at radius 1 is 0.467 bits per heavy atom. The Hall–Kier alpha value is -2.48. The normalized spacial score (nSPS) is 12.2. The van der Waals surface area contributed by atoms with Crippen molar-refractivity contribution in [2.75, 3.05) is 0 Å². The van der Waals surface area contributed by atoms with Crippen LogP contribution in [0.15, 0.2) is 58.5 Å². The van der Waals surface area contributed by atoms with Crippen molar-refractivity contribution in [3.63, 3.8) is 0 Å². The molecule has 2 heteroatoms. The number of nitrogens with zero attached hydrogens (tertiary/aromatic N) is 2. The van der Waals surface area contributed by atoms with E-state index in [0.29, 0.717) is 0 Å². The molecule has 0 aliphatic heterocycles. The molecule has 0 heterocycles. The SMILES string of the molecule is CCCCCCCC=CC(C=Nc1cc(CCCCC)cc(CCCCC)c1)=Nc1cc(CCCCC)cc(CCCCC)c1. The lowest BCUT2D eigenvalue weighted by Gasteiger charge is -2.09. The topological polar surface area (TPSA) is 24.7 Å². The molecule has 0 bridgehead atoms. The fourth-order valence-corrected chi connectivity index (χ4v) is 5.99. The summed E-state index contributed by atoms with van der Waals surface area (Å²) in [6.45, 7) is 11.4. The fourth-order valence-electron chi connectivity index (χ4n) is 5.99. The first-order valence-electron chi connectivity index (χ1n) is 19.2. The lowest BCUT2D eigenvalue weighted by molar-refractivity contribution is 0.637. The van der Waals surface area contributed by atoms with Gasteiger partial charge in [0.2, 0.25) is 0 Å². The third-order valence-corrected chi connectivity index (χ3v) is 8.72. The molecule has 2 aromatic rings. The molecule has 45 heavy (non-hydrogen) atoms. The van der Waals surface area contributed by atoms with Crippen LogP contribution in [0.2, 0.25) is 0 Å². The number of aryl methyl sites for hydroxylation is 4. The molecule has 0 atom stereocenters. The van der Waals surface area contributed by atoms with Crippen molar-refractivity contribution in [1.82, 2.24) is 0 Å². The predicted octanol–water partition coefficient (Wildman–Crippen LogP) is 14.0. The maximum Gasteiger partial charge on any atom is 0.0816 e. The maximum atomic E-state index is 5.25. The predicted molar refractivity (Wildman–Crippen MR) is 204 cm³/mol. The van der Waals surface area contributed by atoms with Crippen molar-refractivity contribution >= 4 is 23.3 Å². The van der Waals surface area contributed by atoms with E-state index in [4.69, 9.17) is 9.98 Å². The van der Waals surface area contributed by atoms with Gasteiger partial charge in [-0.3, -0.25) is 4.99 Å². The van der Waals surface area contributed by atoms with Gasteiger partial charge >= 0.3 is 0 Å².